The molecule has 0 saturated heterocycles. The fourth-order valence-corrected chi connectivity index (χ4v) is 3.68. The molecule has 1 heterocycles. The fourth-order valence-electron chi connectivity index (χ4n) is 2.70. The lowest BCUT2D eigenvalue weighted by atomic mass is 9.93. The monoisotopic (exact) mass is 219 g/mol. The predicted molar refractivity (Wildman–Crippen MR) is 65.3 cm³/mol. The molecular weight excluding hydrogens is 202 g/mol. The van der Waals surface area contributed by atoms with Gasteiger partial charge in [0.05, 0.1) is 0 Å². The third-order valence-corrected chi connectivity index (χ3v) is 4.49. The molecule has 1 N–H and O–H groups in total. The highest BCUT2D eigenvalue weighted by molar-refractivity contribution is 7.10. The van der Waals surface area contributed by atoms with E-state index in [1.54, 1.807) is 10.4 Å². The van der Waals surface area contributed by atoms with Gasteiger partial charge in [-0.15, -0.1) is 11.3 Å². The standard InChI is InChI=1S/C13H17NS/c1-2-5-10(4-1)14-12-6-3-7-13-11(12)8-9-15-13/h1-2,8-10,12,14H,3-7H2. The Morgan fingerprint density at radius 2 is 2.13 bits per heavy atom. The van der Waals surface area contributed by atoms with E-state index in [2.05, 4.69) is 28.9 Å². The van der Waals surface area contributed by atoms with Crippen molar-refractivity contribution in [3.63, 3.8) is 0 Å². The maximum Gasteiger partial charge on any atom is 0.0334 e. The second-order valence-electron chi connectivity index (χ2n) is 4.55. The van der Waals surface area contributed by atoms with Crippen LogP contribution in [0.5, 0.6) is 0 Å². The lowest BCUT2D eigenvalue weighted by Crippen LogP contribution is -2.32. The van der Waals surface area contributed by atoms with Crippen LogP contribution < -0.4 is 5.32 Å². The lowest BCUT2D eigenvalue weighted by molar-refractivity contribution is 0.406. The predicted octanol–water partition coefficient (Wildman–Crippen LogP) is 3.43. The second kappa shape index (κ2) is 4.11. The first-order valence-corrected chi connectivity index (χ1v) is 6.79. The third kappa shape index (κ3) is 1.88. The molecule has 2 aliphatic carbocycles. The first-order valence-electron chi connectivity index (χ1n) is 5.91. The molecule has 0 radical (unpaired) electrons. The Hall–Kier alpha value is -0.600. The molecule has 0 aliphatic heterocycles. The fraction of sp³-hybridized carbons (Fsp3) is 0.538. The third-order valence-electron chi connectivity index (χ3n) is 3.50. The summed E-state index contributed by atoms with van der Waals surface area (Å²) in [7, 11) is 0. The second-order valence-corrected chi connectivity index (χ2v) is 5.55. The van der Waals surface area contributed by atoms with Crippen molar-refractivity contribution in [3.05, 3.63) is 34.0 Å². The summed E-state index contributed by atoms with van der Waals surface area (Å²) in [5.41, 5.74) is 1.58. The van der Waals surface area contributed by atoms with E-state index in [0.717, 1.165) is 0 Å². The molecule has 0 bridgehead atoms. The number of hydrogen-bond donors (Lipinski definition) is 1. The summed E-state index contributed by atoms with van der Waals surface area (Å²) in [6.07, 6.45) is 11.0. The maximum atomic E-state index is 3.80. The van der Waals surface area contributed by atoms with Crippen molar-refractivity contribution in [1.29, 1.82) is 0 Å². The highest BCUT2D eigenvalue weighted by atomic mass is 32.1. The van der Waals surface area contributed by atoms with Gasteiger partial charge in [-0.3, -0.25) is 0 Å². The summed E-state index contributed by atoms with van der Waals surface area (Å²) < 4.78 is 0. The quantitative estimate of drug-likeness (QED) is 0.751. The van der Waals surface area contributed by atoms with Crippen LogP contribution in [-0.2, 0) is 6.42 Å². The van der Waals surface area contributed by atoms with Crippen molar-refractivity contribution in [2.75, 3.05) is 0 Å². The van der Waals surface area contributed by atoms with Gasteiger partial charge in [-0.05, 0) is 49.1 Å². The van der Waals surface area contributed by atoms with Gasteiger partial charge < -0.3 is 5.32 Å². The minimum absolute atomic E-state index is 0.630. The van der Waals surface area contributed by atoms with Crippen LogP contribution in [0.1, 0.15) is 42.2 Å². The van der Waals surface area contributed by atoms with Gasteiger partial charge in [0, 0.05) is 17.0 Å². The zero-order valence-corrected chi connectivity index (χ0v) is 9.72. The molecule has 0 spiro atoms. The lowest BCUT2D eigenvalue weighted by Gasteiger charge is -2.27. The van der Waals surface area contributed by atoms with Crippen molar-refractivity contribution in [2.45, 2.75) is 44.2 Å². The van der Waals surface area contributed by atoms with E-state index in [1.807, 2.05) is 11.3 Å². The molecule has 0 fully saturated rings. The number of hydrogen-bond acceptors (Lipinski definition) is 2. The normalized spacial score (nSPS) is 25.7. The highest BCUT2D eigenvalue weighted by Crippen LogP contribution is 2.34. The molecule has 2 aliphatic rings. The molecule has 0 aromatic carbocycles. The van der Waals surface area contributed by atoms with Crippen LogP contribution in [-0.4, -0.2) is 6.04 Å². The smallest absolute Gasteiger partial charge is 0.0334 e. The largest absolute Gasteiger partial charge is 0.307 e. The average Bonchev–Trinajstić information content (AvgIpc) is 2.87. The molecule has 80 valence electrons. The van der Waals surface area contributed by atoms with E-state index in [4.69, 9.17) is 0 Å². The summed E-state index contributed by atoms with van der Waals surface area (Å²) in [6.45, 7) is 0. The Kier molecular flexibility index (Phi) is 2.63. The summed E-state index contributed by atoms with van der Waals surface area (Å²) in [5, 5.41) is 6.05. The molecule has 2 heteroatoms. The highest BCUT2D eigenvalue weighted by Gasteiger charge is 2.23. The Morgan fingerprint density at radius 1 is 1.27 bits per heavy atom. The summed E-state index contributed by atoms with van der Waals surface area (Å²) in [5.74, 6) is 0. The molecule has 1 aromatic heterocycles. The minimum atomic E-state index is 0.630. The number of fused-ring (bicyclic) bond motifs is 1. The van der Waals surface area contributed by atoms with Crippen molar-refractivity contribution < 1.29 is 0 Å². The Labute approximate surface area is 95.2 Å². The van der Waals surface area contributed by atoms with Crippen LogP contribution in [0.25, 0.3) is 0 Å². The molecule has 1 nitrogen and oxygen atoms in total. The SMILES string of the molecule is C1=CCC(NC2CCCc3sccc32)C1. The van der Waals surface area contributed by atoms with Gasteiger partial charge >= 0.3 is 0 Å². The molecule has 0 amide bonds. The first-order chi connectivity index (χ1) is 7.43. The van der Waals surface area contributed by atoms with Gasteiger partial charge in [0.2, 0.25) is 0 Å². The summed E-state index contributed by atoms with van der Waals surface area (Å²) in [4.78, 5) is 1.62. The molecule has 1 unspecified atom stereocenters. The summed E-state index contributed by atoms with van der Waals surface area (Å²) >= 11 is 1.93. The molecule has 15 heavy (non-hydrogen) atoms. The maximum absolute atomic E-state index is 3.80. The van der Waals surface area contributed by atoms with E-state index in [1.165, 1.54) is 32.1 Å². The Balaban J connectivity index is 1.72. The van der Waals surface area contributed by atoms with Gasteiger partial charge in [0.25, 0.3) is 0 Å². The number of thiophene rings is 1. The zero-order chi connectivity index (χ0) is 10.1. The topological polar surface area (TPSA) is 12.0 Å². The Morgan fingerprint density at radius 3 is 3.00 bits per heavy atom. The molecule has 3 rings (SSSR count). The van der Waals surface area contributed by atoms with Crippen LogP contribution in [0.15, 0.2) is 23.6 Å². The summed E-state index contributed by atoms with van der Waals surface area (Å²) in [6, 6.07) is 3.64. The van der Waals surface area contributed by atoms with E-state index in [9.17, 15) is 0 Å². The van der Waals surface area contributed by atoms with E-state index < -0.39 is 0 Å². The van der Waals surface area contributed by atoms with Gasteiger partial charge in [0.15, 0.2) is 0 Å². The minimum Gasteiger partial charge on any atom is -0.307 e. The van der Waals surface area contributed by atoms with E-state index in [0.29, 0.717) is 12.1 Å². The molecule has 1 atom stereocenters. The average molecular weight is 219 g/mol. The van der Waals surface area contributed by atoms with Crippen molar-refractivity contribution in [2.24, 2.45) is 0 Å². The number of rotatable bonds is 2. The van der Waals surface area contributed by atoms with Gasteiger partial charge in [-0.25, -0.2) is 0 Å². The van der Waals surface area contributed by atoms with Gasteiger partial charge in [0.1, 0.15) is 0 Å². The van der Waals surface area contributed by atoms with Crippen LogP contribution in [0.2, 0.25) is 0 Å². The van der Waals surface area contributed by atoms with Gasteiger partial charge in [-0.1, -0.05) is 12.2 Å². The number of nitrogens with one attached hydrogen (secondary N) is 1. The van der Waals surface area contributed by atoms with Crippen LogP contribution in [0.3, 0.4) is 0 Å². The van der Waals surface area contributed by atoms with Crippen LogP contribution in [0, 0.1) is 0 Å². The van der Waals surface area contributed by atoms with E-state index in [-0.39, 0.29) is 0 Å². The van der Waals surface area contributed by atoms with Gasteiger partial charge in [-0.2, -0.15) is 0 Å². The Bertz CT molecular complexity index is 358. The zero-order valence-electron chi connectivity index (χ0n) is 8.91. The van der Waals surface area contributed by atoms with Crippen LogP contribution in [0.4, 0.5) is 0 Å². The van der Waals surface area contributed by atoms with Crippen molar-refractivity contribution in [1.82, 2.24) is 5.32 Å². The molecular formula is C13H17NS. The number of aryl methyl sites for hydroxylation is 1. The van der Waals surface area contributed by atoms with E-state index >= 15 is 0 Å². The molecule has 1 aromatic rings. The van der Waals surface area contributed by atoms with Crippen LogP contribution >= 0.6 is 11.3 Å². The first kappa shape index (κ1) is 9.61. The van der Waals surface area contributed by atoms with Crippen molar-refractivity contribution in [3.8, 4) is 0 Å². The molecule has 0 saturated carbocycles. The van der Waals surface area contributed by atoms with Crippen molar-refractivity contribution >= 4 is 11.3 Å².